The maximum atomic E-state index is 5.35. The van der Waals surface area contributed by atoms with Crippen molar-refractivity contribution in [3.8, 4) is 5.75 Å². The zero-order chi connectivity index (χ0) is 12.1. The van der Waals surface area contributed by atoms with E-state index in [1.54, 1.807) is 18.9 Å². The van der Waals surface area contributed by atoms with E-state index in [4.69, 9.17) is 4.74 Å². The fraction of sp³-hybridized carbons (Fsp3) is 0.143. The van der Waals surface area contributed by atoms with Crippen molar-refractivity contribution in [2.24, 2.45) is 0 Å². The summed E-state index contributed by atoms with van der Waals surface area (Å²) in [5.41, 5.74) is 1.32. The van der Waals surface area contributed by atoms with Gasteiger partial charge < -0.3 is 4.74 Å². The number of thioether (sulfide) groups is 1. The number of rotatable bonds is 4. The van der Waals surface area contributed by atoms with E-state index >= 15 is 0 Å². The molecule has 0 aliphatic heterocycles. The van der Waals surface area contributed by atoms with Gasteiger partial charge in [-0.05, 0) is 23.8 Å². The van der Waals surface area contributed by atoms with E-state index in [0.29, 0.717) is 0 Å². The van der Waals surface area contributed by atoms with Crippen molar-refractivity contribution in [1.29, 1.82) is 0 Å². The topological polar surface area (TPSA) is 9.23 Å². The summed E-state index contributed by atoms with van der Waals surface area (Å²) in [7, 11) is 1.70. The van der Waals surface area contributed by atoms with Gasteiger partial charge in [0.2, 0.25) is 0 Å². The molecule has 0 fully saturated rings. The Kier molecular flexibility index (Phi) is 4.51. The molecule has 0 spiro atoms. The molecule has 1 nitrogen and oxygen atoms in total. The lowest BCUT2D eigenvalue weighted by Gasteiger charge is -2.08. The molecule has 2 aromatic carbocycles. The van der Waals surface area contributed by atoms with Crippen LogP contribution in [0, 0.1) is 0 Å². The second-order valence-electron chi connectivity index (χ2n) is 3.57. The fourth-order valence-corrected chi connectivity index (χ4v) is 3.03. The van der Waals surface area contributed by atoms with Gasteiger partial charge >= 0.3 is 0 Å². The number of benzene rings is 2. The maximum Gasteiger partial charge on any atom is 0.132 e. The third-order valence-corrected chi connectivity index (χ3v) is 3.96. The molecule has 0 aliphatic carbocycles. The Morgan fingerprint density at radius 3 is 2.59 bits per heavy atom. The van der Waals surface area contributed by atoms with Crippen LogP contribution in [-0.4, -0.2) is 7.11 Å². The zero-order valence-corrected chi connectivity index (χ0v) is 11.9. The van der Waals surface area contributed by atoms with Gasteiger partial charge in [0, 0.05) is 10.2 Å². The van der Waals surface area contributed by atoms with Gasteiger partial charge in [-0.3, -0.25) is 0 Å². The predicted molar refractivity (Wildman–Crippen MR) is 76.7 cm³/mol. The molecule has 0 amide bonds. The summed E-state index contributed by atoms with van der Waals surface area (Å²) in [5, 5.41) is 0. The first-order valence-corrected chi connectivity index (χ1v) is 7.08. The molecule has 0 radical (unpaired) electrons. The molecule has 0 bridgehead atoms. The lowest BCUT2D eigenvalue weighted by molar-refractivity contribution is 0.404. The number of methoxy groups -OCH3 is 1. The highest BCUT2D eigenvalue weighted by atomic mass is 79.9. The van der Waals surface area contributed by atoms with E-state index in [1.165, 1.54) is 5.56 Å². The molecule has 2 aromatic rings. The van der Waals surface area contributed by atoms with Crippen LogP contribution in [0.1, 0.15) is 5.56 Å². The van der Waals surface area contributed by atoms with Crippen molar-refractivity contribution in [2.45, 2.75) is 10.6 Å². The molecule has 0 saturated carbocycles. The first kappa shape index (κ1) is 12.5. The minimum absolute atomic E-state index is 0.925. The van der Waals surface area contributed by atoms with Gasteiger partial charge in [0.25, 0.3) is 0 Å². The normalized spacial score (nSPS) is 10.2. The Labute approximate surface area is 114 Å². The predicted octanol–water partition coefficient (Wildman–Crippen LogP) is 4.75. The molecular weight excluding hydrogens is 296 g/mol. The van der Waals surface area contributed by atoms with Crippen LogP contribution in [0.4, 0.5) is 0 Å². The van der Waals surface area contributed by atoms with Gasteiger partial charge in [0.1, 0.15) is 5.75 Å². The van der Waals surface area contributed by atoms with Crippen LogP contribution in [0.2, 0.25) is 0 Å². The zero-order valence-electron chi connectivity index (χ0n) is 9.52. The van der Waals surface area contributed by atoms with E-state index in [0.717, 1.165) is 20.9 Å². The number of hydrogen-bond acceptors (Lipinski definition) is 2. The fourth-order valence-electron chi connectivity index (χ4n) is 1.50. The summed E-state index contributed by atoms with van der Waals surface area (Å²) in [4.78, 5) is 1.16. The van der Waals surface area contributed by atoms with E-state index in [1.807, 2.05) is 18.2 Å². The van der Waals surface area contributed by atoms with Crippen molar-refractivity contribution in [3.63, 3.8) is 0 Å². The third kappa shape index (κ3) is 3.51. The SMILES string of the molecule is COc1ccc(Br)cc1SCc1ccccc1. The summed E-state index contributed by atoms with van der Waals surface area (Å²) >= 11 is 5.27. The van der Waals surface area contributed by atoms with Gasteiger partial charge in [-0.2, -0.15) is 0 Å². The Morgan fingerprint density at radius 2 is 1.88 bits per heavy atom. The highest BCUT2D eigenvalue weighted by Gasteiger charge is 2.04. The maximum absolute atomic E-state index is 5.35. The largest absolute Gasteiger partial charge is 0.496 e. The van der Waals surface area contributed by atoms with E-state index in [2.05, 4.69) is 46.3 Å². The quantitative estimate of drug-likeness (QED) is 0.754. The second kappa shape index (κ2) is 6.12. The summed E-state index contributed by atoms with van der Waals surface area (Å²) in [6, 6.07) is 16.5. The van der Waals surface area contributed by atoms with Crippen molar-refractivity contribution >= 4 is 27.7 Å². The van der Waals surface area contributed by atoms with Crippen molar-refractivity contribution in [3.05, 3.63) is 58.6 Å². The van der Waals surface area contributed by atoms with Crippen LogP contribution in [-0.2, 0) is 5.75 Å². The van der Waals surface area contributed by atoms with Crippen LogP contribution < -0.4 is 4.74 Å². The standard InChI is InChI=1S/C14H13BrOS/c1-16-13-8-7-12(15)9-14(13)17-10-11-5-3-2-4-6-11/h2-9H,10H2,1H3. The van der Waals surface area contributed by atoms with Gasteiger partial charge in [0.15, 0.2) is 0 Å². The molecule has 3 heteroatoms. The average Bonchev–Trinajstić information content (AvgIpc) is 2.38. The molecule has 88 valence electrons. The molecule has 0 saturated heterocycles. The van der Waals surface area contributed by atoms with E-state index in [-0.39, 0.29) is 0 Å². The van der Waals surface area contributed by atoms with Crippen LogP contribution in [0.15, 0.2) is 57.9 Å². The number of ether oxygens (including phenoxy) is 1. The second-order valence-corrected chi connectivity index (χ2v) is 5.50. The van der Waals surface area contributed by atoms with Crippen LogP contribution in [0.25, 0.3) is 0 Å². The highest BCUT2D eigenvalue weighted by Crippen LogP contribution is 2.33. The third-order valence-electron chi connectivity index (χ3n) is 2.36. The summed E-state index contributed by atoms with van der Waals surface area (Å²) in [6.45, 7) is 0. The Hall–Kier alpha value is -0.930. The number of halogens is 1. The van der Waals surface area contributed by atoms with Gasteiger partial charge in [0.05, 0.1) is 12.0 Å². The van der Waals surface area contributed by atoms with Crippen LogP contribution >= 0.6 is 27.7 Å². The molecule has 0 atom stereocenters. The first-order valence-electron chi connectivity index (χ1n) is 5.30. The van der Waals surface area contributed by atoms with Gasteiger partial charge in [-0.25, -0.2) is 0 Å². The van der Waals surface area contributed by atoms with Crippen LogP contribution in [0.5, 0.6) is 5.75 Å². The Bertz CT molecular complexity index is 485. The van der Waals surface area contributed by atoms with Crippen LogP contribution in [0.3, 0.4) is 0 Å². The monoisotopic (exact) mass is 308 g/mol. The van der Waals surface area contributed by atoms with Crippen molar-refractivity contribution < 1.29 is 4.74 Å². The molecule has 17 heavy (non-hydrogen) atoms. The van der Waals surface area contributed by atoms with Gasteiger partial charge in [-0.15, -0.1) is 11.8 Å². The molecule has 0 unspecified atom stereocenters. The van der Waals surface area contributed by atoms with E-state index in [9.17, 15) is 0 Å². The molecule has 0 heterocycles. The van der Waals surface area contributed by atoms with Crippen molar-refractivity contribution in [1.82, 2.24) is 0 Å². The Morgan fingerprint density at radius 1 is 1.12 bits per heavy atom. The molecule has 0 aromatic heterocycles. The lowest BCUT2D eigenvalue weighted by atomic mass is 10.2. The molecule has 0 N–H and O–H groups in total. The molecule has 2 rings (SSSR count). The molecular formula is C14H13BrOS. The smallest absolute Gasteiger partial charge is 0.132 e. The lowest BCUT2D eigenvalue weighted by Crippen LogP contribution is -1.87. The minimum atomic E-state index is 0.925. The molecule has 0 aliphatic rings. The highest BCUT2D eigenvalue weighted by molar-refractivity contribution is 9.10. The van der Waals surface area contributed by atoms with Crippen molar-refractivity contribution in [2.75, 3.05) is 7.11 Å². The summed E-state index contributed by atoms with van der Waals surface area (Å²) in [5.74, 6) is 1.88. The first-order chi connectivity index (χ1) is 8.29. The summed E-state index contributed by atoms with van der Waals surface area (Å²) < 4.78 is 6.42. The number of hydrogen-bond donors (Lipinski definition) is 0. The average molecular weight is 309 g/mol. The van der Waals surface area contributed by atoms with Gasteiger partial charge in [-0.1, -0.05) is 46.3 Å². The minimum Gasteiger partial charge on any atom is -0.496 e. The summed E-state index contributed by atoms with van der Waals surface area (Å²) in [6.07, 6.45) is 0. The Balaban J connectivity index is 2.11. The van der Waals surface area contributed by atoms with E-state index < -0.39 is 0 Å².